The maximum absolute atomic E-state index is 13.3. The van der Waals surface area contributed by atoms with Gasteiger partial charge in [0.25, 0.3) is 0 Å². The fourth-order valence-electron chi connectivity index (χ4n) is 4.09. The molecule has 4 rings (SSSR count). The van der Waals surface area contributed by atoms with E-state index in [9.17, 15) is 13.2 Å². The second-order valence-electron chi connectivity index (χ2n) is 7.76. The SMILES string of the molecule is CN(c1ccnc(N2CCOCC2)n1)C1CCN(Cc2ccccc2C(F)(F)F)C1. The van der Waals surface area contributed by atoms with E-state index in [1.165, 1.54) is 6.07 Å². The van der Waals surface area contributed by atoms with Crippen molar-refractivity contribution in [2.24, 2.45) is 0 Å². The van der Waals surface area contributed by atoms with E-state index < -0.39 is 11.7 Å². The molecule has 0 saturated carbocycles. The Balaban J connectivity index is 1.41. The molecule has 0 aliphatic carbocycles. The van der Waals surface area contributed by atoms with Crippen molar-refractivity contribution in [1.82, 2.24) is 14.9 Å². The molecule has 162 valence electrons. The highest BCUT2D eigenvalue weighted by atomic mass is 19.4. The third kappa shape index (κ3) is 4.67. The average Bonchev–Trinajstić information content (AvgIpc) is 3.22. The van der Waals surface area contributed by atoms with E-state index >= 15 is 0 Å². The molecule has 0 N–H and O–H groups in total. The molecule has 0 amide bonds. The Kier molecular flexibility index (Phi) is 6.10. The van der Waals surface area contributed by atoms with Crippen molar-refractivity contribution in [2.75, 3.05) is 56.2 Å². The Hall–Kier alpha value is -2.39. The van der Waals surface area contributed by atoms with Crippen LogP contribution < -0.4 is 9.80 Å². The van der Waals surface area contributed by atoms with Crippen LogP contribution in [0.4, 0.5) is 24.9 Å². The van der Waals surface area contributed by atoms with Crippen LogP contribution in [0.1, 0.15) is 17.5 Å². The second kappa shape index (κ2) is 8.77. The Labute approximate surface area is 174 Å². The van der Waals surface area contributed by atoms with Gasteiger partial charge in [-0.3, -0.25) is 4.90 Å². The van der Waals surface area contributed by atoms with Gasteiger partial charge in [0.05, 0.1) is 18.8 Å². The number of alkyl halides is 3. The molecule has 0 radical (unpaired) electrons. The summed E-state index contributed by atoms with van der Waals surface area (Å²) in [6.45, 7) is 4.61. The topological polar surface area (TPSA) is 44.7 Å². The van der Waals surface area contributed by atoms with Crippen molar-refractivity contribution >= 4 is 11.8 Å². The van der Waals surface area contributed by atoms with Gasteiger partial charge in [0, 0.05) is 52.0 Å². The zero-order valence-electron chi connectivity index (χ0n) is 17.0. The lowest BCUT2D eigenvalue weighted by molar-refractivity contribution is -0.138. The summed E-state index contributed by atoms with van der Waals surface area (Å²) in [5.41, 5.74) is -0.224. The summed E-state index contributed by atoms with van der Waals surface area (Å²) in [7, 11) is 1.99. The van der Waals surface area contributed by atoms with Crippen LogP contribution in [0.25, 0.3) is 0 Å². The van der Waals surface area contributed by atoms with E-state index in [2.05, 4.69) is 19.7 Å². The molecule has 2 aliphatic rings. The van der Waals surface area contributed by atoms with Gasteiger partial charge in [-0.25, -0.2) is 4.98 Å². The van der Waals surface area contributed by atoms with E-state index in [1.54, 1.807) is 18.3 Å². The van der Waals surface area contributed by atoms with Gasteiger partial charge in [0.15, 0.2) is 0 Å². The van der Waals surface area contributed by atoms with E-state index in [0.29, 0.717) is 37.8 Å². The van der Waals surface area contributed by atoms with E-state index in [-0.39, 0.29) is 6.04 Å². The number of hydrogen-bond donors (Lipinski definition) is 0. The number of ether oxygens (including phenoxy) is 1. The molecular formula is C21H26F3N5O. The zero-order valence-corrected chi connectivity index (χ0v) is 17.0. The highest BCUT2D eigenvalue weighted by Crippen LogP contribution is 2.33. The summed E-state index contributed by atoms with van der Waals surface area (Å²) in [5.74, 6) is 1.52. The summed E-state index contributed by atoms with van der Waals surface area (Å²) in [5, 5.41) is 0. The minimum Gasteiger partial charge on any atom is -0.378 e. The van der Waals surface area contributed by atoms with Crippen molar-refractivity contribution in [1.29, 1.82) is 0 Å². The van der Waals surface area contributed by atoms with Crippen LogP contribution in [0.5, 0.6) is 0 Å². The molecule has 1 aromatic heterocycles. The number of hydrogen-bond acceptors (Lipinski definition) is 6. The Morgan fingerprint density at radius 3 is 2.67 bits per heavy atom. The first-order valence-corrected chi connectivity index (χ1v) is 10.2. The molecule has 2 aromatic rings. The standard InChI is InChI=1S/C21H26F3N5O/c1-27(19-6-8-25-20(26-19)29-10-12-30-13-11-29)17-7-9-28(15-17)14-16-4-2-3-5-18(16)21(22,23)24/h2-6,8,17H,7,9-15H2,1H3. The zero-order chi connectivity index (χ0) is 21.1. The van der Waals surface area contributed by atoms with Gasteiger partial charge in [-0.05, 0) is 24.1 Å². The summed E-state index contributed by atoms with van der Waals surface area (Å²) in [6, 6.07) is 7.90. The first-order chi connectivity index (χ1) is 14.4. The lowest BCUT2D eigenvalue weighted by Gasteiger charge is -2.29. The van der Waals surface area contributed by atoms with E-state index in [0.717, 1.165) is 37.9 Å². The van der Waals surface area contributed by atoms with E-state index in [1.807, 2.05) is 13.1 Å². The Morgan fingerprint density at radius 2 is 1.90 bits per heavy atom. The fourth-order valence-corrected chi connectivity index (χ4v) is 4.09. The quantitative estimate of drug-likeness (QED) is 0.740. The van der Waals surface area contributed by atoms with E-state index in [4.69, 9.17) is 9.72 Å². The summed E-state index contributed by atoms with van der Waals surface area (Å²) in [6.07, 6.45) is -1.69. The van der Waals surface area contributed by atoms with Gasteiger partial charge < -0.3 is 14.5 Å². The number of rotatable bonds is 5. The molecule has 1 unspecified atom stereocenters. The number of halogens is 3. The maximum atomic E-state index is 13.3. The Bertz CT molecular complexity index is 857. The third-order valence-corrected chi connectivity index (χ3v) is 5.80. The molecule has 1 aromatic carbocycles. The van der Waals surface area contributed by atoms with Crippen LogP contribution in [-0.4, -0.2) is 67.4 Å². The van der Waals surface area contributed by atoms with Gasteiger partial charge >= 0.3 is 6.18 Å². The molecule has 3 heterocycles. The van der Waals surface area contributed by atoms with Crippen LogP contribution in [0, 0.1) is 0 Å². The minimum atomic E-state index is -4.33. The van der Waals surface area contributed by atoms with Gasteiger partial charge in [0.1, 0.15) is 5.82 Å². The largest absolute Gasteiger partial charge is 0.416 e. The molecule has 9 heteroatoms. The molecule has 2 fully saturated rings. The first-order valence-electron chi connectivity index (χ1n) is 10.2. The highest BCUT2D eigenvalue weighted by Gasteiger charge is 2.34. The number of likely N-dealkylation sites (tertiary alicyclic amines) is 1. The molecular weight excluding hydrogens is 395 g/mol. The van der Waals surface area contributed by atoms with Crippen LogP contribution in [0.2, 0.25) is 0 Å². The van der Waals surface area contributed by atoms with Crippen molar-refractivity contribution < 1.29 is 17.9 Å². The number of nitrogens with zero attached hydrogens (tertiary/aromatic N) is 5. The lowest BCUT2D eigenvalue weighted by atomic mass is 10.1. The van der Waals surface area contributed by atoms with Crippen molar-refractivity contribution in [3.05, 3.63) is 47.7 Å². The van der Waals surface area contributed by atoms with Crippen LogP contribution in [-0.2, 0) is 17.5 Å². The normalized spacial score (nSPS) is 20.5. The Morgan fingerprint density at radius 1 is 1.13 bits per heavy atom. The summed E-state index contributed by atoms with van der Waals surface area (Å²) >= 11 is 0. The number of benzene rings is 1. The van der Waals surface area contributed by atoms with Crippen molar-refractivity contribution in [3.8, 4) is 0 Å². The molecule has 1 atom stereocenters. The van der Waals surface area contributed by atoms with Gasteiger partial charge in [-0.2, -0.15) is 18.2 Å². The van der Waals surface area contributed by atoms with Gasteiger partial charge in [-0.15, -0.1) is 0 Å². The predicted molar refractivity (Wildman–Crippen MR) is 109 cm³/mol. The first kappa shape index (κ1) is 20.9. The minimum absolute atomic E-state index is 0.190. The molecule has 0 bridgehead atoms. The number of aromatic nitrogens is 2. The number of morpholine rings is 1. The summed E-state index contributed by atoms with van der Waals surface area (Å²) in [4.78, 5) is 15.4. The summed E-state index contributed by atoms with van der Waals surface area (Å²) < 4.78 is 45.2. The van der Waals surface area contributed by atoms with Crippen molar-refractivity contribution in [3.63, 3.8) is 0 Å². The maximum Gasteiger partial charge on any atom is 0.416 e. The monoisotopic (exact) mass is 421 g/mol. The highest BCUT2D eigenvalue weighted by molar-refractivity contribution is 5.44. The molecule has 6 nitrogen and oxygen atoms in total. The average molecular weight is 421 g/mol. The fraction of sp³-hybridized carbons (Fsp3) is 0.524. The van der Waals surface area contributed by atoms with Crippen LogP contribution >= 0.6 is 0 Å². The number of anilines is 2. The molecule has 0 spiro atoms. The molecule has 30 heavy (non-hydrogen) atoms. The molecule has 2 aliphatic heterocycles. The number of likely N-dealkylation sites (N-methyl/N-ethyl adjacent to an activating group) is 1. The lowest BCUT2D eigenvalue weighted by Crippen LogP contribution is -2.38. The van der Waals surface area contributed by atoms with Crippen LogP contribution in [0.15, 0.2) is 36.5 Å². The van der Waals surface area contributed by atoms with Crippen LogP contribution in [0.3, 0.4) is 0 Å². The third-order valence-electron chi connectivity index (χ3n) is 5.80. The molecule has 2 saturated heterocycles. The van der Waals surface area contributed by atoms with Gasteiger partial charge in [-0.1, -0.05) is 18.2 Å². The van der Waals surface area contributed by atoms with Gasteiger partial charge in [0.2, 0.25) is 5.95 Å². The smallest absolute Gasteiger partial charge is 0.378 e. The van der Waals surface area contributed by atoms with Crippen molar-refractivity contribution in [2.45, 2.75) is 25.2 Å². The predicted octanol–water partition coefficient (Wildman–Crippen LogP) is 3.04. The second-order valence-corrected chi connectivity index (χ2v) is 7.76.